The van der Waals surface area contributed by atoms with Crippen molar-refractivity contribution < 1.29 is 24.2 Å². The van der Waals surface area contributed by atoms with Gasteiger partial charge >= 0.3 is 11.9 Å². The van der Waals surface area contributed by atoms with Crippen molar-refractivity contribution in [3.63, 3.8) is 0 Å². The summed E-state index contributed by atoms with van der Waals surface area (Å²) in [6.45, 7) is 4.74. The van der Waals surface area contributed by atoms with E-state index in [2.05, 4.69) is 11.3 Å². The highest BCUT2D eigenvalue weighted by Gasteiger charge is 2.38. The maximum Gasteiger partial charge on any atom is 0.339 e. The van der Waals surface area contributed by atoms with Gasteiger partial charge in [-0.25, -0.2) is 9.59 Å². The highest BCUT2D eigenvalue weighted by molar-refractivity contribution is 5.87. The molecule has 1 saturated heterocycles. The molecule has 0 aliphatic carbocycles. The van der Waals surface area contributed by atoms with Gasteiger partial charge < -0.3 is 14.6 Å². The number of carbonyl (C=O) groups is 2. The molecular formula is C8H10O5. The predicted octanol–water partition coefficient (Wildman–Crippen LogP) is -0.608. The van der Waals surface area contributed by atoms with Gasteiger partial charge in [0.25, 0.3) is 0 Å². The van der Waals surface area contributed by atoms with Crippen molar-refractivity contribution in [1.29, 1.82) is 0 Å². The Morgan fingerprint density at radius 1 is 1.77 bits per heavy atom. The molecule has 1 aliphatic rings. The number of hydrogen-bond acceptors (Lipinski definition) is 5. The van der Waals surface area contributed by atoms with E-state index in [-0.39, 0.29) is 12.2 Å². The Balaban J connectivity index is 2.51. The lowest BCUT2D eigenvalue weighted by Gasteiger charge is -2.11. The van der Waals surface area contributed by atoms with E-state index in [1.54, 1.807) is 0 Å². The molecule has 72 valence electrons. The first-order valence-corrected chi connectivity index (χ1v) is 3.73. The molecule has 13 heavy (non-hydrogen) atoms. The Labute approximate surface area is 74.9 Å². The van der Waals surface area contributed by atoms with E-state index in [9.17, 15) is 9.59 Å². The average molecular weight is 186 g/mol. The number of esters is 2. The lowest BCUT2D eigenvalue weighted by atomic mass is 10.2. The van der Waals surface area contributed by atoms with Gasteiger partial charge in [-0.3, -0.25) is 0 Å². The van der Waals surface area contributed by atoms with Crippen molar-refractivity contribution in [2.75, 3.05) is 6.61 Å². The highest BCUT2D eigenvalue weighted by atomic mass is 16.6. The smallest absolute Gasteiger partial charge is 0.339 e. The molecule has 0 spiro atoms. The van der Waals surface area contributed by atoms with Crippen molar-refractivity contribution >= 4 is 11.9 Å². The van der Waals surface area contributed by atoms with Gasteiger partial charge in [-0.15, -0.1) is 0 Å². The van der Waals surface area contributed by atoms with Gasteiger partial charge in [-0.05, 0) is 6.92 Å². The van der Waals surface area contributed by atoms with Crippen LogP contribution in [-0.4, -0.2) is 35.9 Å². The second-order valence-electron chi connectivity index (χ2n) is 2.80. The molecule has 0 aromatic rings. The van der Waals surface area contributed by atoms with Crippen molar-refractivity contribution in [2.45, 2.75) is 19.1 Å². The summed E-state index contributed by atoms with van der Waals surface area (Å²) < 4.78 is 9.18. The molecule has 1 heterocycles. The van der Waals surface area contributed by atoms with E-state index in [0.29, 0.717) is 0 Å². The van der Waals surface area contributed by atoms with E-state index < -0.39 is 24.1 Å². The molecule has 2 unspecified atom stereocenters. The minimum atomic E-state index is -1.37. The van der Waals surface area contributed by atoms with Crippen LogP contribution in [0.5, 0.6) is 0 Å². The zero-order valence-electron chi connectivity index (χ0n) is 7.15. The zero-order valence-corrected chi connectivity index (χ0v) is 7.15. The summed E-state index contributed by atoms with van der Waals surface area (Å²) in [5.41, 5.74) is 0.214. The standard InChI is InChI=1S/C8H10O5/c1-4(2)7(10)13-5-3-12-8(11)6(5)9/h5-6,9H,1,3H2,2H3. The molecule has 0 saturated carbocycles. The summed E-state index contributed by atoms with van der Waals surface area (Å²) in [5.74, 6) is -1.40. The SMILES string of the molecule is C=C(C)C(=O)OC1COC(=O)C1O. The maximum absolute atomic E-state index is 11.0. The van der Waals surface area contributed by atoms with Crippen molar-refractivity contribution in [3.05, 3.63) is 12.2 Å². The van der Waals surface area contributed by atoms with Gasteiger partial charge in [0.05, 0.1) is 0 Å². The van der Waals surface area contributed by atoms with Gasteiger partial charge in [0, 0.05) is 5.57 Å². The van der Waals surface area contributed by atoms with Gasteiger partial charge in [-0.1, -0.05) is 6.58 Å². The third-order valence-corrected chi connectivity index (χ3v) is 1.59. The lowest BCUT2D eigenvalue weighted by Crippen LogP contribution is -2.31. The average Bonchev–Trinajstić information content (AvgIpc) is 2.36. The summed E-state index contributed by atoms with van der Waals surface area (Å²) in [4.78, 5) is 21.6. The summed E-state index contributed by atoms with van der Waals surface area (Å²) in [5, 5.41) is 9.11. The van der Waals surface area contributed by atoms with E-state index in [1.807, 2.05) is 0 Å². The number of rotatable bonds is 2. The molecule has 0 aromatic carbocycles. The third-order valence-electron chi connectivity index (χ3n) is 1.59. The van der Waals surface area contributed by atoms with Gasteiger partial charge in [0.1, 0.15) is 6.61 Å². The number of hydrogen-bond donors (Lipinski definition) is 1. The fraction of sp³-hybridized carbons (Fsp3) is 0.500. The van der Waals surface area contributed by atoms with Gasteiger partial charge in [0.2, 0.25) is 0 Å². The van der Waals surface area contributed by atoms with E-state index in [1.165, 1.54) is 6.92 Å². The monoisotopic (exact) mass is 186 g/mol. The zero-order chi connectivity index (χ0) is 10.0. The van der Waals surface area contributed by atoms with Crippen LogP contribution in [0.1, 0.15) is 6.92 Å². The number of carbonyl (C=O) groups excluding carboxylic acids is 2. The summed E-state index contributed by atoms with van der Waals surface area (Å²) >= 11 is 0. The Bertz CT molecular complexity index is 257. The molecule has 0 radical (unpaired) electrons. The first-order chi connectivity index (χ1) is 6.02. The molecule has 1 N–H and O–H groups in total. The first-order valence-electron chi connectivity index (χ1n) is 3.73. The summed E-state index contributed by atoms with van der Waals surface area (Å²) in [6, 6.07) is 0. The van der Waals surface area contributed by atoms with E-state index in [4.69, 9.17) is 9.84 Å². The molecule has 5 heteroatoms. The quantitative estimate of drug-likeness (QED) is 0.460. The van der Waals surface area contributed by atoms with Gasteiger partial charge in [0.15, 0.2) is 12.2 Å². The Hall–Kier alpha value is -1.36. The molecule has 5 nitrogen and oxygen atoms in total. The number of cyclic esters (lactones) is 1. The van der Waals surface area contributed by atoms with Crippen molar-refractivity contribution in [3.8, 4) is 0 Å². The van der Waals surface area contributed by atoms with Crippen molar-refractivity contribution in [2.24, 2.45) is 0 Å². The Kier molecular flexibility index (Phi) is 2.67. The minimum absolute atomic E-state index is 0.0982. The van der Waals surface area contributed by atoms with E-state index in [0.717, 1.165) is 0 Å². The number of aliphatic hydroxyl groups excluding tert-OH is 1. The van der Waals surface area contributed by atoms with Crippen LogP contribution >= 0.6 is 0 Å². The van der Waals surface area contributed by atoms with Crippen LogP contribution in [0.15, 0.2) is 12.2 Å². The Morgan fingerprint density at radius 2 is 2.38 bits per heavy atom. The molecule has 2 atom stereocenters. The summed E-state index contributed by atoms with van der Waals surface area (Å²) in [6.07, 6.45) is -2.28. The minimum Gasteiger partial charge on any atom is -0.460 e. The van der Waals surface area contributed by atoms with Crippen LogP contribution < -0.4 is 0 Å². The number of ether oxygens (including phenoxy) is 2. The highest BCUT2D eigenvalue weighted by Crippen LogP contribution is 2.12. The first kappa shape index (κ1) is 9.73. The van der Waals surface area contributed by atoms with Crippen LogP contribution in [0.4, 0.5) is 0 Å². The van der Waals surface area contributed by atoms with Crippen LogP contribution in [0, 0.1) is 0 Å². The molecule has 1 aliphatic heterocycles. The maximum atomic E-state index is 11.0. The molecular weight excluding hydrogens is 176 g/mol. The third kappa shape index (κ3) is 2.06. The number of aliphatic hydroxyl groups is 1. The fourth-order valence-electron chi connectivity index (χ4n) is 0.829. The van der Waals surface area contributed by atoms with Crippen LogP contribution in [0.3, 0.4) is 0 Å². The van der Waals surface area contributed by atoms with Crippen LogP contribution in [-0.2, 0) is 19.1 Å². The van der Waals surface area contributed by atoms with Crippen LogP contribution in [0.25, 0.3) is 0 Å². The normalized spacial score (nSPS) is 26.8. The second-order valence-corrected chi connectivity index (χ2v) is 2.80. The van der Waals surface area contributed by atoms with Gasteiger partial charge in [-0.2, -0.15) is 0 Å². The molecule has 0 bridgehead atoms. The molecule has 1 fully saturated rings. The second kappa shape index (κ2) is 3.57. The summed E-state index contributed by atoms with van der Waals surface area (Å²) in [7, 11) is 0. The lowest BCUT2D eigenvalue weighted by molar-refractivity contribution is -0.149. The van der Waals surface area contributed by atoms with Crippen molar-refractivity contribution in [1.82, 2.24) is 0 Å². The van der Waals surface area contributed by atoms with E-state index >= 15 is 0 Å². The predicted molar refractivity (Wildman–Crippen MR) is 41.7 cm³/mol. The molecule has 0 amide bonds. The largest absolute Gasteiger partial charge is 0.460 e. The molecule has 1 rings (SSSR count). The molecule has 0 aromatic heterocycles. The fourth-order valence-corrected chi connectivity index (χ4v) is 0.829. The topological polar surface area (TPSA) is 72.8 Å². The van der Waals surface area contributed by atoms with Crippen LogP contribution in [0.2, 0.25) is 0 Å². The Morgan fingerprint density at radius 3 is 2.77 bits per heavy atom.